The second kappa shape index (κ2) is 3.97. The Bertz CT molecular complexity index is 169. The second-order valence-electron chi connectivity index (χ2n) is 4.77. The van der Waals surface area contributed by atoms with Gasteiger partial charge in [0, 0.05) is 19.2 Å². The molecule has 0 aromatic heterocycles. The van der Waals surface area contributed by atoms with Crippen molar-refractivity contribution in [2.75, 3.05) is 13.2 Å². The first-order chi connectivity index (χ1) is 6.29. The third-order valence-corrected chi connectivity index (χ3v) is 3.43. The van der Waals surface area contributed by atoms with Gasteiger partial charge < -0.3 is 10.1 Å². The van der Waals surface area contributed by atoms with Crippen LogP contribution >= 0.6 is 0 Å². The molecule has 0 radical (unpaired) electrons. The Labute approximate surface area is 81.0 Å². The Hall–Kier alpha value is -0.0800. The highest BCUT2D eigenvalue weighted by Gasteiger charge is 2.38. The average molecular weight is 183 g/mol. The van der Waals surface area contributed by atoms with Crippen LogP contribution in [0.3, 0.4) is 0 Å². The van der Waals surface area contributed by atoms with Gasteiger partial charge in [-0.1, -0.05) is 20.3 Å². The van der Waals surface area contributed by atoms with E-state index in [2.05, 4.69) is 19.2 Å². The first-order valence-corrected chi connectivity index (χ1v) is 5.64. The fraction of sp³-hybridized carbons (Fsp3) is 1.00. The van der Waals surface area contributed by atoms with Gasteiger partial charge in [-0.3, -0.25) is 0 Å². The topological polar surface area (TPSA) is 21.3 Å². The van der Waals surface area contributed by atoms with E-state index in [1.165, 1.54) is 25.8 Å². The van der Waals surface area contributed by atoms with Crippen molar-refractivity contribution in [1.29, 1.82) is 0 Å². The summed E-state index contributed by atoms with van der Waals surface area (Å²) in [7, 11) is 0. The summed E-state index contributed by atoms with van der Waals surface area (Å²) in [5, 5.41) is 3.60. The number of rotatable bonds is 1. The van der Waals surface area contributed by atoms with Gasteiger partial charge >= 0.3 is 0 Å². The number of hydrogen-bond acceptors (Lipinski definition) is 2. The normalized spacial score (nSPS) is 40.4. The van der Waals surface area contributed by atoms with Gasteiger partial charge in [-0.15, -0.1) is 0 Å². The van der Waals surface area contributed by atoms with E-state index in [9.17, 15) is 0 Å². The van der Waals surface area contributed by atoms with Crippen LogP contribution in [0.2, 0.25) is 0 Å². The van der Waals surface area contributed by atoms with E-state index in [-0.39, 0.29) is 0 Å². The molecule has 13 heavy (non-hydrogen) atoms. The molecule has 2 fully saturated rings. The average Bonchev–Trinajstić information content (AvgIpc) is 2.36. The molecule has 3 atom stereocenters. The maximum atomic E-state index is 5.94. The number of fused-ring (bicyclic) bond motifs is 1. The number of ether oxygens (including phenoxy) is 1. The second-order valence-corrected chi connectivity index (χ2v) is 4.77. The molecule has 2 unspecified atom stereocenters. The fourth-order valence-corrected chi connectivity index (χ4v) is 2.66. The largest absolute Gasteiger partial charge is 0.376 e. The van der Waals surface area contributed by atoms with Crippen molar-refractivity contribution in [1.82, 2.24) is 5.32 Å². The van der Waals surface area contributed by atoms with Crippen LogP contribution in [0.15, 0.2) is 0 Å². The van der Waals surface area contributed by atoms with Gasteiger partial charge in [0.15, 0.2) is 0 Å². The first-order valence-electron chi connectivity index (χ1n) is 5.64. The molecule has 0 aromatic carbocycles. The standard InChI is InChI=1S/C11H21NO/c1-8(2)10-11-9(7-12-10)5-3-4-6-13-11/h8-12H,3-7H2,1-2H3/t9-,10?,11?/m0/s1. The highest BCUT2D eigenvalue weighted by atomic mass is 16.5. The molecular formula is C11H21NO. The van der Waals surface area contributed by atoms with E-state index in [0.717, 1.165) is 12.5 Å². The molecule has 1 N–H and O–H groups in total. The van der Waals surface area contributed by atoms with Crippen LogP contribution in [0.1, 0.15) is 33.1 Å². The summed E-state index contributed by atoms with van der Waals surface area (Å²) in [6.45, 7) is 6.72. The number of nitrogens with one attached hydrogen (secondary N) is 1. The van der Waals surface area contributed by atoms with E-state index in [4.69, 9.17) is 4.74 Å². The van der Waals surface area contributed by atoms with E-state index < -0.39 is 0 Å². The molecule has 2 heteroatoms. The molecule has 2 rings (SSSR count). The molecule has 0 spiro atoms. The van der Waals surface area contributed by atoms with Gasteiger partial charge in [-0.2, -0.15) is 0 Å². The van der Waals surface area contributed by atoms with Gasteiger partial charge in [-0.25, -0.2) is 0 Å². The lowest BCUT2D eigenvalue weighted by molar-refractivity contribution is 0.0202. The monoisotopic (exact) mass is 183 g/mol. The molecule has 2 heterocycles. The smallest absolute Gasteiger partial charge is 0.0770 e. The molecule has 0 aliphatic carbocycles. The molecule has 2 aliphatic rings. The van der Waals surface area contributed by atoms with E-state index in [1.54, 1.807) is 0 Å². The van der Waals surface area contributed by atoms with Crippen molar-refractivity contribution < 1.29 is 4.74 Å². The summed E-state index contributed by atoms with van der Waals surface area (Å²) in [6, 6.07) is 0.600. The van der Waals surface area contributed by atoms with Crippen molar-refractivity contribution >= 4 is 0 Å². The minimum absolute atomic E-state index is 0.502. The molecule has 2 nitrogen and oxygen atoms in total. The van der Waals surface area contributed by atoms with Crippen molar-refractivity contribution in [3.63, 3.8) is 0 Å². The van der Waals surface area contributed by atoms with Crippen LogP contribution in [0.5, 0.6) is 0 Å². The molecule has 0 amide bonds. The zero-order valence-corrected chi connectivity index (χ0v) is 8.75. The quantitative estimate of drug-likeness (QED) is 0.669. The Balaban J connectivity index is 2.02. The summed E-state index contributed by atoms with van der Waals surface area (Å²) in [5.41, 5.74) is 0. The molecule has 0 bridgehead atoms. The summed E-state index contributed by atoms with van der Waals surface area (Å²) in [6.07, 6.45) is 4.48. The fourth-order valence-electron chi connectivity index (χ4n) is 2.66. The van der Waals surface area contributed by atoms with E-state index >= 15 is 0 Å². The predicted molar refractivity (Wildman–Crippen MR) is 53.7 cm³/mol. The zero-order chi connectivity index (χ0) is 9.26. The third kappa shape index (κ3) is 1.89. The Morgan fingerprint density at radius 1 is 1.31 bits per heavy atom. The Kier molecular flexibility index (Phi) is 2.89. The molecule has 0 aromatic rings. The van der Waals surface area contributed by atoms with Crippen LogP contribution < -0.4 is 5.32 Å². The van der Waals surface area contributed by atoms with Gasteiger partial charge in [0.2, 0.25) is 0 Å². The van der Waals surface area contributed by atoms with Crippen molar-refractivity contribution in [3.8, 4) is 0 Å². The van der Waals surface area contributed by atoms with Crippen molar-refractivity contribution in [3.05, 3.63) is 0 Å². The highest BCUT2D eigenvalue weighted by Crippen LogP contribution is 2.29. The summed E-state index contributed by atoms with van der Waals surface area (Å²) < 4.78 is 5.94. The molecule has 0 saturated carbocycles. The first kappa shape index (κ1) is 9.47. The maximum absolute atomic E-state index is 5.94. The van der Waals surface area contributed by atoms with Crippen LogP contribution in [-0.4, -0.2) is 25.3 Å². The van der Waals surface area contributed by atoms with Crippen LogP contribution in [-0.2, 0) is 4.74 Å². The molecule has 76 valence electrons. The van der Waals surface area contributed by atoms with E-state index in [0.29, 0.717) is 18.1 Å². The lowest BCUT2D eigenvalue weighted by Gasteiger charge is -2.25. The highest BCUT2D eigenvalue weighted by molar-refractivity contribution is 4.93. The third-order valence-electron chi connectivity index (χ3n) is 3.43. The van der Waals surface area contributed by atoms with Gasteiger partial charge in [-0.05, 0) is 24.7 Å². The van der Waals surface area contributed by atoms with Crippen LogP contribution in [0.4, 0.5) is 0 Å². The van der Waals surface area contributed by atoms with Gasteiger partial charge in [0.1, 0.15) is 0 Å². The minimum Gasteiger partial charge on any atom is -0.376 e. The lowest BCUT2D eigenvalue weighted by Crippen LogP contribution is -2.37. The summed E-state index contributed by atoms with van der Waals surface area (Å²) in [4.78, 5) is 0. The summed E-state index contributed by atoms with van der Waals surface area (Å²) in [5.74, 6) is 1.49. The molecule has 2 aliphatic heterocycles. The Morgan fingerprint density at radius 3 is 2.92 bits per heavy atom. The van der Waals surface area contributed by atoms with Gasteiger partial charge in [0.05, 0.1) is 6.10 Å². The zero-order valence-electron chi connectivity index (χ0n) is 8.75. The maximum Gasteiger partial charge on any atom is 0.0770 e. The van der Waals surface area contributed by atoms with Crippen molar-refractivity contribution in [2.24, 2.45) is 11.8 Å². The predicted octanol–water partition coefficient (Wildman–Crippen LogP) is 1.80. The van der Waals surface area contributed by atoms with Crippen LogP contribution in [0, 0.1) is 11.8 Å². The molecule has 2 saturated heterocycles. The summed E-state index contributed by atoms with van der Waals surface area (Å²) >= 11 is 0. The molecular weight excluding hydrogens is 162 g/mol. The van der Waals surface area contributed by atoms with E-state index in [1.807, 2.05) is 0 Å². The Morgan fingerprint density at radius 2 is 2.15 bits per heavy atom. The number of hydrogen-bond donors (Lipinski definition) is 1. The van der Waals surface area contributed by atoms with Crippen LogP contribution in [0.25, 0.3) is 0 Å². The lowest BCUT2D eigenvalue weighted by atomic mass is 9.92. The SMILES string of the molecule is CC(C)C1NC[C@@H]2CCCCOC12. The van der Waals surface area contributed by atoms with Gasteiger partial charge in [0.25, 0.3) is 0 Å². The van der Waals surface area contributed by atoms with Crippen molar-refractivity contribution in [2.45, 2.75) is 45.3 Å². The minimum atomic E-state index is 0.502.